The van der Waals surface area contributed by atoms with E-state index >= 15 is 0 Å². The van der Waals surface area contributed by atoms with Gasteiger partial charge in [0.05, 0.1) is 17.1 Å². The highest BCUT2D eigenvalue weighted by molar-refractivity contribution is 7.07. The number of nitrogens with zero attached hydrogens (tertiary/aromatic N) is 2. The number of hydrogen-bond acceptors (Lipinski definition) is 4. The molecule has 1 N–H and O–H groups in total. The molecule has 1 atom stereocenters. The molecule has 0 aliphatic carbocycles. The van der Waals surface area contributed by atoms with Gasteiger partial charge in [0, 0.05) is 22.0 Å². The van der Waals surface area contributed by atoms with E-state index in [4.69, 9.17) is 21.3 Å². The summed E-state index contributed by atoms with van der Waals surface area (Å²) in [4.78, 5) is 17.5. The van der Waals surface area contributed by atoms with E-state index in [0.717, 1.165) is 40.2 Å². The molecule has 1 unspecified atom stereocenters. The van der Waals surface area contributed by atoms with E-state index < -0.39 is 0 Å². The number of benzene rings is 2. The van der Waals surface area contributed by atoms with E-state index in [1.54, 1.807) is 11.3 Å². The Labute approximate surface area is 185 Å². The van der Waals surface area contributed by atoms with Crippen LogP contribution in [0.4, 0.5) is 11.4 Å². The highest BCUT2D eigenvalue weighted by Gasteiger charge is 2.19. The second-order valence-electron chi connectivity index (χ2n) is 7.50. The summed E-state index contributed by atoms with van der Waals surface area (Å²) in [6.45, 7) is 6.44. The predicted molar refractivity (Wildman–Crippen MR) is 123 cm³/mol. The third kappa shape index (κ3) is 4.16. The van der Waals surface area contributed by atoms with Gasteiger partial charge in [0.2, 0.25) is 0 Å². The number of nitrogens with one attached hydrogen (secondary N) is 1. The summed E-state index contributed by atoms with van der Waals surface area (Å²) < 4.78 is 7.77. The van der Waals surface area contributed by atoms with Gasteiger partial charge in [-0.15, -0.1) is 11.3 Å². The molecule has 30 heavy (non-hydrogen) atoms. The summed E-state index contributed by atoms with van der Waals surface area (Å²) in [7, 11) is 0. The Morgan fingerprint density at radius 1 is 1.30 bits per heavy atom. The number of carbonyl (C=O) groups excluding carboxylic acids is 1. The van der Waals surface area contributed by atoms with Crippen LogP contribution in [0.5, 0.6) is 5.75 Å². The number of fused-ring (bicyclic) bond motifs is 1. The number of rotatable bonds is 5. The molecule has 0 saturated heterocycles. The fourth-order valence-electron chi connectivity index (χ4n) is 3.59. The smallest absolute Gasteiger partial charge is 0.262 e. The van der Waals surface area contributed by atoms with Crippen molar-refractivity contribution in [1.82, 2.24) is 4.57 Å². The van der Waals surface area contributed by atoms with E-state index in [1.807, 2.05) is 43.3 Å². The van der Waals surface area contributed by atoms with Crippen molar-refractivity contribution in [2.45, 2.75) is 39.7 Å². The predicted octanol–water partition coefficient (Wildman–Crippen LogP) is 6.10. The second-order valence-corrected chi connectivity index (χ2v) is 8.75. The fraction of sp³-hybridized carbons (Fsp3) is 0.304. The van der Waals surface area contributed by atoms with E-state index in [-0.39, 0.29) is 18.6 Å². The van der Waals surface area contributed by atoms with Gasteiger partial charge >= 0.3 is 0 Å². The minimum absolute atomic E-state index is 0.0560. The molecule has 156 valence electrons. The summed E-state index contributed by atoms with van der Waals surface area (Å²) >= 11 is 7.91. The summed E-state index contributed by atoms with van der Waals surface area (Å²) in [5.74, 6) is 0.560. The van der Waals surface area contributed by atoms with Crippen LogP contribution in [0.15, 0.2) is 46.8 Å². The monoisotopic (exact) mass is 441 g/mol. The molecule has 1 aliphatic rings. The largest absolute Gasteiger partial charge is 0.482 e. The average Bonchev–Trinajstić information content (AvgIpc) is 3.14. The van der Waals surface area contributed by atoms with Crippen LogP contribution in [0.2, 0.25) is 5.02 Å². The van der Waals surface area contributed by atoms with Crippen LogP contribution in [0.25, 0.3) is 11.3 Å². The second kappa shape index (κ2) is 8.66. The zero-order valence-corrected chi connectivity index (χ0v) is 18.8. The summed E-state index contributed by atoms with van der Waals surface area (Å²) in [5.41, 5.74) is 4.66. The van der Waals surface area contributed by atoms with Crippen LogP contribution in [0, 0.1) is 6.92 Å². The molecule has 1 aromatic heterocycles. The number of thiazole rings is 1. The van der Waals surface area contributed by atoms with Crippen LogP contribution in [0.1, 0.15) is 38.3 Å². The number of aromatic nitrogens is 1. The first-order valence-corrected chi connectivity index (χ1v) is 11.3. The molecule has 1 aliphatic heterocycles. The quantitative estimate of drug-likeness (QED) is 0.519. The molecule has 5 nitrogen and oxygen atoms in total. The van der Waals surface area contributed by atoms with Crippen molar-refractivity contribution in [2.24, 2.45) is 4.99 Å². The number of ether oxygens (including phenoxy) is 1. The molecule has 3 aromatic rings. The van der Waals surface area contributed by atoms with E-state index in [2.05, 4.69) is 29.1 Å². The number of amides is 1. The summed E-state index contributed by atoms with van der Waals surface area (Å²) in [5, 5.41) is 5.73. The maximum absolute atomic E-state index is 11.7. The average molecular weight is 442 g/mol. The Bertz CT molecular complexity index is 1170. The van der Waals surface area contributed by atoms with Crippen LogP contribution >= 0.6 is 22.9 Å². The van der Waals surface area contributed by atoms with Gasteiger partial charge in [0.15, 0.2) is 11.4 Å². The minimum Gasteiger partial charge on any atom is -0.482 e. The van der Waals surface area contributed by atoms with Gasteiger partial charge in [0.25, 0.3) is 5.91 Å². The Balaban J connectivity index is 1.83. The standard InChI is InChI=1S/C23H24ClN3O2S/c1-4-5-15(3)27-20(16-7-9-21-19(10-16)26-22(28)12-29-21)13-30-23(27)25-17-8-6-14(2)18(24)11-17/h6-11,13,15H,4-5,12H2,1-3H3,(H,26,28). The molecular weight excluding hydrogens is 418 g/mol. The lowest BCUT2D eigenvalue weighted by Crippen LogP contribution is -2.25. The van der Waals surface area contributed by atoms with Gasteiger partial charge in [-0.3, -0.25) is 4.79 Å². The normalized spacial score (nSPS) is 14.8. The van der Waals surface area contributed by atoms with Gasteiger partial charge in [0.1, 0.15) is 5.75 Å². The van der Waals surface area contributed by atoms with Crippen LogP contribution < -0.4 is 14.9 Å². The number of anilines is 1. The number of carbonyl (C=O) groups is 1. The molecule has 2 aromatic carbocycles. The van der Waals surface area contributed by atoms with Crippen molar-refractivity contribution in [1.29, 1.82) is 0 Å². The van der Waals surface area contributed by atoms with Crippen LogP contribution in [-0.4, -0.2) is 17.1 Å². The van der Waals surface area contributed by atoms with Gasteiger partial charge in [-0.25, -0.2) is 4.99 Å². The van der Waals surface area contributed by atoms with E-state index in [0.29, 0.717) is 16.5 Å². The fourth-order valence-corrected chi connectivity index (χ4v) is 4.78. The number of aryl methyl sites for hydroxylation is 1. The highest BCUT2D eigenvalue weighted by Crippen LogP contribution is 2.34. The lowest BCUT2D eigenvalue weighted by Gasteiger charge is -2.20. The molecule has 0 bridgehead atoms. The SMILES string of the molecule is CCCC(C)n1c(-c2ccc3c(c2)NC(=O)CO3)csc1=Nc1ccc(C)c(Cl)c1. The number of hydrogen-bond donors (Lipinski definition) is 1. The van der Waals surface area contributed by atoms with Gasteiger partial charge in [-0.1, -0.05) is 31.0 Å². The van der Waals surface area contributed by atoms with Gasteiger partial charge < -0.3 is 14.6 Å². The van der Waals surface area contributed by atoms with Gasteiger partial charge in [-0.2, -0.15) is 0 Å². The topological polar surface area (TPSA) is 55.6 Å². The molecule has 4 rings (SSSR count). The highest BCUT2D eigenvalue weighted by atomic mass is 35.5. The Hall–Kier alpha value is -2.57. The molecule has 0 spiro atoms. The van der Waals surface area contributed by atoms with Crippen molar-refractivity contribution in [3.63, 3.8) is 0 Å². The van der Waals surface area contributed by atoms with Crippen LogP contribution in [-0.2, 0) is 4.79 Å². The Morgan fingerprint density at radius 3 is 2.90 bits per heavy atom. The molecule has 2 heterocycles. The third-order valence-corrected chi connectivity index (χ3v) is 6.42. The first-order chi connectivity index (χ1) is 14.5. The lowest BCUT2D eigenvalue weighted by atomic mass is 10.1. The molecular formula is C23H24ClN3O2S. The summed E-state index contributed by atoms with van der Waals surface area (Å²) in [6, 6.07) is 12.1. The first kappa shape index (κ1) is 20.7. The van der Waals surface area contributed by atoms with Crippen molar-refractivity contribution in [2.75, 3.05) is 11.9 Å². The molecule has 0 saturated carbocycles. The Morgan fingerprint density at radius 2 is 2.13 bits per heavy atom. The minimum atomic E-state index is -0.135. The lowest BCUT2D eigenvalue weighted by molar-refractivity contribution is -0.118. The van der Waals surface area contributed by atoms with E-state index in [9.17, 15) is 4.79 Å². The van der Waals surface area contributed by atoms with Gasteiger partial charge in [-0.05, 0) is 56.2 Å². The summed E-state index contributed by atoms with van der Waals surface area (Å²) in [6.07, 6.45) is 2.11. The Kier molecular flexibility index (Phi) is 5.97. The van der Waals surface area contributed by atoms with Crippen molar-refractivity contribution in [3.8, 4) is 17.0 Å². The first-order valence-electron chi connectivity index (χ1n) is 10.0. The zero-order valence-electron chi connectivity index (χ0n) is 17.2. The van der Waals surface area contributed by atoms with E-state index in [1.165, 1.54) is 0 Å². The van der Waals surface area contributed by atoms with Crippen LogP contribution in [0.3, 0.4) is 0 Å². The third-order valence-electron chi connectivity index (χ3n) is 5.18. The molecule has 0 radical (unpaired) electrons. The maximum atomic E-state index is 11.7. The van der Waals surface area contributed by atoms with Crippen molar-refractivity contribution >= 4 is 40.2 Å². The zero-order chi connectivity index (χ0) is 21.3. The molecule has 7 heteroatoms. The number of halogens is 1. The molecule has 0 fully saturated rings. The van der Waals surface area contributed by atoms with Crippen molar-refractivity contribution in [3.05, 3.63) is 57.2 Å². The molecule has 1 amide bonds. The van der Waals surface area contributed by atoms with Crippen molar-refractivity contribution < 1.29 is 9.53 Å². The maximum Gasteiger partial charge on any atom is 0.262 e.